The van der Waals surface area contributed by atoms with Gasteiger partial charge in [0.25, 0.3) is 0 Å². The van der Waals surface area contributed by atoms with Gasteiger partial charge in [0.2, 0.25) is 0 Å². The SMILES string of the molecule is COCCn1cnnc1-c1ccnc(CN)c1. The first kappa shape index (κ1) is 11.7. The van der Waals surface area contributed by atoms with Crippen molar-refractivity contribution in [3.8, 4) is 11.4 Å². The Kier molecular flexibility index (Phi) is 3.79. The molecule has 2 aromatic heterocycles. The quantitative estimate of drug-likeness (QED) is 0.811. The van der Waals surface area contributed by atoms with Crippen molar-refractivity contribution in [2.24, 2.45) is 5.73 Å². The van der Waals surface area contributed by atoms with E-state index in [9.17, 15) is 0 Å². The van der Waals surface area contributed by atoms with Crippen LogP contribution in [0.4, 0.5) is 0 Å². The van der Waals surface area contributed by atoms with Crippen LogP contribution in [0.5, 0.6) is 0 Å². The predicted octanol–water partition coefficient (Wildman–Crippen LogP) is 0.445. The van der Waals surface area contributed by atoms with Gasteiger partial charge in [0.1, 0.15) is 6.33 Å². The van der Waals surface area contributed by atoms with Gasteiger partial charge in [-0.3, -0.25) is 4.98 Å². The van der Waals surface area contributed by atoms with E-state index < -0.39 is 0 Å². The van der Waals surface area contributed by atoms with Gasteiger partial charge >= 0.3 is 0 Å². The monoisotopic (exact) mass is 233 g/mol. The summed E-state index contributed by atoms with van der Waals surface area (Å²) in [4.78, 5) is 4.15. The van der Waals surface area contributed by atoms with E-state index in [1.807, 2.05) is 16.7 Å². The molecule has 6 nitrogen and oxygen atoms in total. The van der Waals surface area contributed by atoms with Crippen molar-refractivity contribution in [3.63, 3.8) is 0 Å². The van der Waals surface area contributed by atoms with Crippen molar-refractivity contribution in [1.29, 1.82) is 0 Å². The maximum absolute atomic E-state index is 5.57. The minimum atomic E-state index is 0.417. The summed E-state index contributed by atoms with van der Waals surface area (Å²) in [6.45, 7) is 1.76. The fraction of sp³-hybridized carbons (Fsp3) is 0.364. The third-order valence-electron chi connectivity index (χ3n) is 2.44. The van der Waals surface area contributed by atoms with Gasteiger partial charge in [0.05, 0.1) is 12.3 Å². The molecule has 0 aliphatic rings. The molecule has 0 fully saturated rings. The summed E-state index contributed by atoms with van der Waals surface area (Å²) in [5, 5.41) is 8.02. The molecule has 0 aliphatic carbocycles. The fourth-order valence-corrected chi connectivity index (χ4v) is 1.56. The zero-order valence-electron chi connectivity index (χ0n) is 9.71. The molecular formula is C11H15N5O. The lowest BCUT2D eigenvalue weighted by Gasteiger charge is -2.06. The number of nitrogens with zero attached hydrogens (tertiary/aromatic N) is 4. The summed E-state index contributed by atoms with van der Waals surface area (Å²) in [6, 6.07) is 3.82. The number of pyridine rings is 1. The van der Waals surface area contributed by atoms with Crippen LogP contribution in [-0.2, 0) is 17.8 Å². The van der Waals surface area contributed by atoms with Crippen LogP contribution < -0.4 is 5.73 Å². The van der Waals surface area contributed by atoms with Gasteiger partial charge in [-0.2, -0.15) is 0 Å². The minimum absolute atomic E-state index is 0.417. The average Bonchev–Trinajstić information content (AvgIpc) is 2.84. The lowest BCUT2D eigenvalue weighted by atomic mass is 10.2. The first-order valence-corrected chi connectivity index (χ1v) is 5.37. The average molecular weight is 233 g/mol. The van der Waals surface area contributed by atoms with E-state index in [0.29, 0.717) is 13.2 Å². The first-order chi connectivity index (χ1) is 8.35. The van der Waals surface area contributed by atoms with Crippen molar-refractivity contribution < 1.29 is 4.74 Å². The Hall–Kier alpha value is -1.79. The second-order valence-corrected chi connectivity index (χ2v) is 3.58. The molecular weight excluding hydrogens is 218 g/mol. The van der Waals surface area contributed by atoms with E-state index >= 15 is 0 Å². The van der Waals surface area contributed by atoms with E-state index in [1.165, 1.54) is 0 Å². The van der Waals surface area contributed by atoms with Crippen LogP contribution in [0.1, 0.15) is 5.69 Å². The van der Waals surface area contributed by atoms with Gasteiger partial charge in [-0.15, -0.1) is 10.2 Å². The second kappa shape index (κ2) is 5.51. The molecule has 6 heteroatoms. The van der Waals surface area contributed by atoms with Crippen molar-refractivity contribution in [1.82, 2.24) is 19.7 Å². The van der Waals surface area contributed by atoms with Crippen molar-refractivity contribution in [2.75, 3.05) is 13.7 Å². The largest absolute Gasteiger partial charge is 0.383 e. The molecule has 2 N–H and O–H groups in total. The van der Waals surface area contributed by atoms with E-state index in [2.05, 4.69) is 15.2 Å². The fourth-order valence-electron chi connectivity index (χ4n) is 1.56. The minimum Gasteiger partial charge on any atom is -0.383 e. The summed E-state index contributed by atoms with van der Waals surface area (Å²) < 4.78 is 6.99. The highest BCUT2D eigenvalue weighted by Crippen LogP contribution is 2.16. The number of rotatable bonds is 5. The Balaban J connectivity index is 2.28. The molecule has 0 radical (unpaired) electrons. The van der Waals surface area contributed by atoms with Crippen LogP contribution in [0.25, 0.3) is 11.4 Å². The molecule has 0 unspecified atom stereocenters. The number of ether oxygens (including phenoxy) is 1. The van der Waals surface area contributed by atoms with E-state index in [4.69, 9.17) is 10.5 Å². The Morgan fingerprint density at radius 3 is 3.12 bits per heavy atom. The third-order valence-corrected chi connectivity index (χ3v) is 2.44. The van der Waals surface area contributed by atoms with Crippen LogP contribution in [0.3, 0.4) is 0 Å². The molecule has 0 spiro atoms. The molecule has 2 heterocycles. The summed E-state index contributed by atoms with van der Waals surface area (Å²) in [5.74, 6) is 0.805. The van der Waals surface area contributed by atoms with Crippen LogP contribution in [0.2, 0.25) is 0 Å². The smallest absolute Gasteiger partial charge is 0.163 e. The standard InChI is InChI=1S/C11H15N5O/c1-17-5-4-16-8-14-15-11(16)9-2-3-13-10(6-9)7-12/h2-3,6,8H,4-5,7,12H2,1H3. The third kappa shape index (κ3) is 2.66. The Morgan fingerprint density at radius 1 is 1.47 bits per heavy atom. The predicted molar refractivity (Wildman–Crippen MR) is 63.0 cm³/mol. The van der Waals surface area contributed by atoms with Crippen LogP contribution in [0.15, 0.2) is 24.7 Å². The van der Waals surface area contributed by atoms with Gasteiger partial charge in [-0.1, -0.05) is 0 Å². The molecule has 17 heavy (non-hydrogen) atoms. The van der Waals surface area contributed by atoms with Gasteiger partial charge < -0.3 is 15.0 Å². The Bertz CT molecular complexity index is 482. The zero-order valence-corrected chi connectivity index (χ0v) is 9.71. The van der Waals surface area contributed by atoms with E-state index in [1.54, 1.807) is 19.6 Å². The van der Waals surface area contributed by atoms with Crippen LogP contribution in [0, 0.1) is 0 Å². The van der Waals surface area contributed by atoms with Crippen LogP contribution >= 0.6 is 0 Å². The van der Waals surface area contributed by atoms with Gasteiger partial charge in [0, 0.05) is 32.0 Å². The van der Waals surface area contributed by atoms with Gasteiger partial charge in [0.15, 0.2) is 5.82 Å². The summed E-state index contributed by atoms with van der Waals surface area (Å²) in [6.07, 6.45) is 3.42. The van der Waals surface area contributed by atoms with Crippen molar-refractivity contribution in [2.45, 2.75) is 13.1 Å². The first-order valence-electron chi connectivity index (χ1n) is 5.37. The highest BCUT2D eigenvalue weighted by atomic mass is 16.5. The molecule has 0 aromatic carbocycles. The number of methoxy groups -OCH3 is 1. The van der Waals surface area contributed by atoms with Crippen molar-refractivity contribution in [3.05, 3.63) is 30.4 Å². The number of nitrogens with two attached hydrogens (primary N) is 1. The van der Waals surface area contributed by atoms with Gasteiger partial charge in [-0.05, 0) is 12.1 Å². The topological polar surface area (TPSA) is 78.8 Å². The Labute approximate surface area is 99.4 Å². The molecule has 0 atom stereocenters. The lowest BCUT2D eigenvalue weighted by molar-refractivity contribution is 0.187. The van der Waals surface area contributed by atoms with E-state index in [-0.39, 0.29) is 0 Å². The van der Waals surface area contributed by atoms with Crippen LogP contribution in [-0.4, -0.2) is 33.5 Å². The molecule has 90 valence electrons. The summed E-state index contributed by atoms with van der Waals surface area (Å²) >= 11 is 0. The second-order valence-electron chi connectivity index (χ2n) is 3.58. The summed E-state index contributed by atoms with van der Waals surface area (Å²) in [7, 11) is 1.67. The number of hydrogen-bond acceptors (Lipinski definition) is 5. The molecule has 0 bridgehead atoms. The lowest BCUT2D eigenvalue weighted by Crippen LogP contribution is -2.05. The normalized spacial score (nSPS) is 10.7. The molecule has 0 aliphatic heterocycles. The molecule has 0 saturated carbocycles. The molecule has 0 saturated heterocycles. The number of hydrogen-bond donors (Lipinski definition) is 1. The van der Waals surface area contributed by atoms with E-state index in [0.717, 1.165) is 23.6 Å². The maximum Gasteiger partial charge on any atom is 0.163 e. The molecule has 2 aromatic rings. The highest BCUT2D eigenvalue weighted by Gasteiger charge is 2.07. The van der Waals surface area contributed by atoms with Crippen molar-refractivity contribution >= 4 is 0 Å². The summed E-state index contributed by atoms with van der Waals surface area (Å²) in [5.41, 5.74) is 7.37. The number of aromatic nitrogens is 4. The van der Waals surface area contributed by atoms with Gasteiger partial charge in [-0.25, -0.2) is 0 Å². The molecule has 0 amide bonds. The Morgan fingerprint density at radius 2 is 2.35 bits per heavy atom. The maximum atomic E-state index is 5.57. The highest BCUT2D eigenvalue weighted by molar-refractivity contribution is 5.54. The zero-order chi connectivity index (χ0) is 12.1. The molecule has 2 rings (SSSR count).